The van der Waals surface area contributed by atoms with Crippen LogP contribution in [0.5, 0.6) is 11.7 Å². The highest BCUT2D eigenvalue weighted by Crippen LogP contribution is 2.30. The number of hydrogen-bond donors (Lipinski definition) is 0. The van der Waals surface area contributed by atoms with E-state index < -0.39 is 0 Å². The number of hydrogen-bond acceptors (Lipinski definition) is 3. The molecule has 2 aromatic rings. The molecule has 3 rings (SSSR count). The zero-order chi connectivity index (χ0) is 12.4. The zero-order valence-corrected chi connectivity index (χ0v) is 11.6. The second kappa shape index (κ2) is 5.18. The standard InChI is InChI=1S/C13H15BrN2O2/c14-12-6-7-13(18-12)17-11-8-15-16(9-11)10-4-2-1-3-5-10/h6-10H,1-5H2. The van der Waals surface area contributed by atoms with Gasteiger partial charge in [0.2, 0.25) is 0 Å². The first-order valence-corrected chi connectivity index (χ1v) is 7.08. The van der Waals surface area contributed by atoms with Crippen LogP contribution in [0.4, 0.5) is 0 Å². The fourth-order valence-corrected chi connectivity index (χ4v) is 2.68. The third-order valence-corrected chi connectivity index (χ3v) is 3.72. The van der Waals surface area contributed by atoms with Gasteiger partial charge in [-0.15, -0.1) is 0 Å². The van der Waals surface area contributed by atoms with E-state index in [1.54, 1.807) is 18.3 Å². The summed E-state index contributed by atoms with van der Waals surface area (Å²) in [5.74, 6) is 1.20. The van der Waals surface area contributed by atoms with Gasteiger partial charge in [-0.05, 0) is 34.8 Å². The molecule has 0 spiro atoms. The summed E-state index contributed by atoms with van der Waals surface area (Å²) >= 11 is 3.25. The molecule has 0 bridgehead atoms. The highest BCUT2D eigenvalue weighted by atomic mass is 79.9. The monoisotopic (exact) mass is 310 g/mol. The van der Waals surface area contributed by atoms with Crippen LogP contribution in [0.2, 0.25) is 0 Å². The summed E-state index contributed by atoms with van der Waals surface area (Å²) < 4.78 is 13.6. The first kappa shape index (κ1) is 11.8. The molecule has 1 aliphatic carbocycles. The van der Waals surface area contributed by atoms with E-state index in [9.17, 15) is 0 Å². The highest BCUT2D eigenvalue weighted by Gasteiger charge is 2.16. The van der Waals surface area contributed by atoms with Gasteiger partial charge in [-0.3, -0.25) is 4.68 Å². The fourth-order valence-electron chi connectivity index (χ4n) is 2.39. The average molecular weight is 311 g/mol. The van der Waals surface area contributed by atoms with Crippen LogP contribution in [0, 0.1) is 0 Å². The van der Waals surface area contributed by atoms with Crippen molar-refractivity contribution in [1.29, 1.82) is 0 Å². The Balaban J connectivity index is 1.69. The molecule has 0 N–H and O–H groups in total. The van der Waals surface area contributed by atoms with Crippen LogP contribution < -0.4 is 4.74 Å². The lowest BCUT2D eigenvalue weighted by Crippen LogP contribution is -2.12. The minimum Gasteiger partial charge on any atom is -0.423 e. The summed E-state index contributed by atoms with van der Waals surface area (Å²) in [5.41, 5.74) is 0. The smallest absolute Gasteiger partial charge is 0.291 e. The molecule has 1 saturated carbocycles. The van der Waals surface area contributed by atoms with Crippen molar-refractivity contribution >= 4 is 15.9 Å². The quantitative estimate of drug-likeness (QED) is 0.835. The Labute approximate surface area is 114 Å². The summed E-state index contributed by atoms with van der Waals surface area (Å²) in [7, 11) is 0. The molecule has 0 aromatic carbocycles. The normalized spacial score (nSPS) is 16.9. The maximum Gasteiger partial charge on any atom is 0.291 e. The Morgan fingerprint density at radius 3 is 2.83 bits per heavy atom. The first-order valence-electron chi connectivity index (χ1n) is 6.28. The summed E-state index contributed by atoms with van der Waals surface area (Å²) in [6.45, 7) is 0. The Morgan fingerprint density at radius 1 is 1.28 bits per heavy atom. The van der Waals surface area contributed by atoms with Gasteiger partial charge in [0.1, 0.15) is 0 Å². The van der Waals surface area contributed by atoms with Crippen molar-refractivity contribution < 1.29 is 9.15 Å². The summed E-state index contributed by atoms with van der Waals surface area (Å²) in [5, 5.41) is 4.38. The number of nitrogens with zero attached hydrogens (tertiary/aromatic N) is 2. The van der Waals surface area contributed by atoms with Crippen LogP contribution in [-0.4, -0.2) is 9.78 Å². The molecule has 2 heterocycles. The van der Waals surface area contributed by atoms with Gasteiger partial charge in [0.25, 0.3) is 5.95 Å². The van der Waals surface area contributed by atoms with E-state index in [4.69, 9.17) is 9.15 Å². The minimum absolute atomic E-state index is 0.477. The molecule has 0 saturated heterocycles. The number of rotatable bonds is 3. The van der Waals surface area contributed by atoms with E-state index in [0.29, 0.717) is 16.7 Å². The fraction of sp³-hybridized carbons (Fsp3) is 0.462. The van der Waals surface area contributed by atoms with E-state index >= 15 is 0 Å². The van der Waals surface area contributed by atoms with Gasteiger partial charge >= 0.3 is 0 Å². The Bertz CT molecular complexity index is 515. The highest BCUT2D eigenvalue weighted by molar-refractivity contribution is 9.10. The summed E-state index contributed by atoms with van der Waals surface area (Å²) in [6.07, 6.45) is 10.1. The number of furan rings is 1. The van der Waals surface area contributed by atoms with Gasteiger partial charge in [0.15, 0.2) is 10.4 Å². The topological polar surface area (TPSA) is 40.2 Å². The zero-order valence-electron chi connectivity index (χ0n) is 10.0. The Morgan fingerprint density at radius 2 is 2.11 bits per heavy atom. The van der Waals surface area contributed by atoms with Gasteiger partial charge < -0.3 is 9.15 Å². The number of halogens is 1. The lowest BCUT2D eigenvalue weighted by Gasteiger charge is -2.21. The molecule has 0 unspecified atom stereocenters. The minimum atomic E-state index is 0.477. The van der Waals surface area contributed by atoms with Crippen molar-refractivity contribution in [1.82, 2.24) is 9.78 Å². The average Bonchev–Trinajstić information content (AvgIpc) is 3.01. The molecular formula is C13H15BrN2O2. The molecule has 5 heteroatoms. The lowest BCUT2D eigenvalue weighted by atomic mass is 9.96. The molecule has 96 valence electrons. The van der Waals surface area contributed by atoms with Gasteiger partial charge in [-0.2, -0.15) is 5.10 Å². The van der Waals surface area contributed by atoms with Crippen LogP contribution in [-0.2, 0) is 0 Å². The predicted octanol–water partition coefficient (Wildman–Crippen LogP) is 4.54. The third kappa shape index (κ3) is 2.61. The second-order valence-corrected chi connectivity index (χ2v) is 5.39. The number of aromatic nitrogens is 2. The molecule has 18 heavy (non-hydrogen) atoms. The van der Waals surface area contributed by atoms with Crippen LogP contribution in [0.1, 0.15) is 38.1 Å². The largest absolute Gasteiger partial charge is 0.423 e. The molecule has 4 nitrogen and oxygen atoms in total. The van der Waals surface area contributed by atoms with Crippen LogP contribution >= 0.6 is 15.9 Å². The number of ether oxygens (including phenoxy) is 1. The molecule has 0 radical (unpaired) electrons. The molecule has 2 aromatic heterocycles. The first-order chi connectivity index (χ1) is 8.81. The molecule has 1 aliphatic rings. The van der Waals surface area contributed by atoms with Crippen molar-refractivity contribution in [2.24, 2.45) is 0 Å². The maximum absolute atomic E-state index is 5.59. The second-order valence-electron chi connectivity index (χ2n) is 4.61. The predicted molar refractivity (Wildman–Crippen MR) is 70.8 cm³/mol. The van der Waals surface area contributed by atoms with Crippen molar-refractivity contribution in [3.8, 4) is 11.7 Å². The van der Waals surface area contributed by atoms with Crippen LogP contribution in [0.25, 0.3) is 0 Å². The van der Waals surface area contributed by atoms with E-state index in [-0.39, 0.29) is 0 Å². The maximum atomic E-state index is 5.59. The van der Waals surface area contributed by atoms with E-state index in [1.807, 2.05) is 10.9 Å². The van der Waals surface area contributed by atoms with Gasteiger partial charge in [-0.25, -0.2) is 0 Å². The van der Waals surface area contributed by atoms with E-state index in [0.717, 1.165) is 5.75 Å². The van der Waals surface area contributed by atoms with Gasteiger partial charge in [-0.1, -0.05) is 19.3 Å². The molecular weight excluding hydrogens is 296 g/mol. The van der Waals surface area contributed by atoms with E-state index in [1.165, 1.54) is 32.1 Å². The van der Waals surface area contributed by atoms with Crippen LogP contribution in [0.3, 0.4) is 0 Å². The third-order valence-electron chi connectivity index (χ3n) is 3.29. The molecule has 0 atom stereocenters. The lowest BCUT2D eigenvalue weighted by molar-refractivity contribution is 0.323. The van der Waals surface area contributed by atoms with Gasteiger partial charge in [0.05, 0.1) is 18.4 Å². The Kier molecular flexibility index (Phi) is 3.41. The van der Waals surface area contributed by atoms with Crippen molar-refractivity contribution in [2.75, 3.05) is 0 Å². The van der Waals surface area contributed by atoms with Crippen molar-refractivity contribution in [3.05, 3.63) is 29.2 Å². The summed E-state index contributed by atoms with van der Waals surface area (Å²) in [6, 6.07) is 4.11. The molecule has 1 fully saturated rings. The Hall–Kier alpha value is -1.23. The van der Waals surface area contributed by atoms with Crippen molar-refractivity contribution in [2.45, 2.75) is 38.1 Å². The van der Waals surface area contributed by atoms with Crippen LogP contribution in [0.15, 0.2) is 33.6 Å². The SMILES string of the molecule is Brc1ccc(Oc2cnn(C3CCCCC3)c2)o1. The van der Waals surface area contributed by atoms with E-state index in [2.05, 4.69) is 21.0 Å². The van der Waals surface area contributed by atoms with Crippen molar-refractivity contribution in [3.63, 3.8) is 0 Å². The summed E-state index contributed by atoms with van der Waals surface area (Å²) in [4.78, 5) is 0. The molecule has 0 amide bonds. The molecule has 0 aliphatic heterocycles. The van der Waals surface area contributed by atoms with Gasteiger partial charge in [0, 0.05) is 6.07 Å².